The van der Waals surface area contributed by atoms with Crippen molar-refractivity contribution in [2.24, 2.45) is 0 Å². The third-order valence-electron chi connectivity index (χ3n) is 1.02. The molecular formula is C9H11F3O. The molecule has 0 atom stereocenters. The summed E-state index contributed by atoms with van der Waals surface area (Å²) in [6.07, 6.45) is -0.916. The Morgan fingerprint density at radius 2 is 1.77 bits per heavy atom. The summed E-state index contributed by atoms with van der Waals surface area (Å²) in [6, 6.07) is 0. The lowest BCUT2D eigenvalue weighted by molar-refractivity contribution is -0.303. The van der Waals surface area contributed by atoms with Gasteiger partial charge in [-0.25, -0.2) is 0 Å². The molecular weight excluding hydrogens is 181 g/mol. The third kappa shape index (κ3) is 7.18. The summed E-state index contributed by atoms with van der Waals surface area (Å²) in [5.74, 6) is -0.311. The van der Waals surface area contributed by atoms with Gasteiger partial charge in [0, 0.05) is 0 Å². The van der Waals surface area contributed by atoms with Crippen LogP contribution in [0.5, 0.6) is 0 Å². The monoisotopic (exact) mass is 192 g/mol. The van der Waals surface area contributed by atoms with E-state index >= 15 is 0 Å². The van der Waals surface area contributed by atoms with Crippen molar-refractivity contribution in [2.45, 2.75) is 20.2 Å². The van der Waals surface area contributed by atoms with Gasteiger partial charge in [-0.1, -0.05) is 18.2 Å². The predicted molar refractivity (Wildman–Crippen MR) is 44.9 cm³/mol. The van der Waals surface area contributed by atoms with E-state index in [4.69, 9.17) is 0 Å². The Labute approximate surface area is 75.2 Å². The number of hydrogen-bond acceptors (Lipinski definition) is 1. The Kier molecular flexibility index (Phi) is 4.31. The SMILES string of the molecule is C=C/C(=C\C=C(C)C)OC(F)(F)F. The Balaban J connectivity index is 4.44. The van der Waals surface area contributed by atoms with E-state index in [1.807, 2.05) is 0 Å². The van der Waals surface area contributed by atoms with Crippen LogP contribution >= 0.6 is 0 Å². The third-order valence-corrected chi connectivity index (χ3v) is 1.02. The fourth-order valence-corrected chi connectivity index (χ4v) is 0.526. The first-order valence-corrected chi connectivity index (χ1v) is 3.58. The average Bonchev–Trinajstić information content (AvgIpc) is 1.95. The molecule has 0 saturated carbocycles. The van der Waals surface area contributed by atoms with Gasteiger partial charge in [0.05, 0.1) is 0 Å². The molecule has 0 aromatic carbocycles. The van der Waals surface area contributed by atoms with Crippen LogP contribution in [0.25, 0.3) is 0 Å². The minimum atomic E-state index is -4.66. The Bertz CT molecular complexity index is 232. The van der Waals surface area contributed by atoms with Crippen molar-refractivity contribution in [2.75, 3.05) is 0 Å². The summed E-state index contributed by atoms with van der Waals surface area (Å²) < 4.78 is 38.7. The average molecular weight is 192 g/mol. The predicted octanol–water partition coefficient (Wildman–Crippen LogP) is 3.56. The molecule has 0 aromatic rings. The fraction of sp³-hybridized carbons (Fsp3) is 0.333. The van der Waals surface area contributed by atoms with E-state index in [2.05, 4.69) is 11.3 Å². The van der Waals surface area contributed by atoms with E-state index in [1.54, 1.807) is 13.8 Å². The van der Waals surface area contributed by atoms with Crippen molar-refractivity contribution >= 4 is 0 Å². The highest BCUT2D eigenvalue weighted by Crippen LogP contribution is 2.21. The van der Waals surface area contributed by atoms with Gasteiger partial charge in [0.2, 0.25) is 0 Å². The van der Waals surface area contributed by atoms with Gasteiger partial charge in [0.15, 0.2) is 0 Å². The van der Waals surface area contributed by atoms with E-state index in [0.29, 0.717) is 0 Å². The lowest BCUT2D eigenvalue weighted by atomic mass is 10.3. The summed E-state index contributed by atoms with van der Waals surface area (Å²) >= 11 is 0. The Morgan fingerprint density at radius 1 is 1.23 bits per heavy atom. The number of alkyl halides is 3. The zero-order valence-electron chi connectivity index (χ0n) is 7.48. The van der Waals surface area contributed by atoms with Gasteiger partial charge in [-0.2, -0.15) is 0 Å². The van der Waals surface area contributed by atoms with E-state index in [1.165, 1.54) is 12.2 Å². The van der Waals surface area contributed by atoms with Gasteiger partial charge in [-0.3, -0.25) is 0 Å². The van der Waals surface area contributed by atoms with Crippen molar-refractivity contribution in [1.29, 1.82) is 0 Å². The molecule has 0 unspecified atom stereocenters. The molecule has 0 radical (unpaired) electrons. The molecule has 0 spiro atoms. The van der Waals surface area contributed by atoms with E-state index in [0.717, 1.165) is 11.6 Å². The molecule has 4 heteroatoms. The van der Waals surface area contributed by atoms with Crippen LogP contribution in [0, 0.1) is 0 Å². The van der Waals surface area contributed by atoms with Crippen LogP contribution in [0.1, 0.15) is 13.8 Å². The van der Waals surface area contributed by atoms with E-state index < -0.39 is 6.36 Å². The molecule has 1 nitrogen and oxygen atoms in total. The second-order valence-electron chi connectivity index (χ2n) is 2.56. The van der Waals surface area contributed by atoms with Crippen molar-refractivity contribution < 1.29 is 17.9 Å². The number of allylic oxidation sites excluding steroid dienone is 4. The molecule has 0 bridgehead atoms. The molecule has 0 rings (SSSR count). The topological polar surface area (TPSA) is 9.23 Å². The number of halogens is 3. The molecule has 0 aromatic heterocycles. The van der Waals surface area contributed by atoms with Gasteiger partial charge >= 0.3 is 6.36 Å². The maximum absolute atomic E-state index is 11.7. The van der Waals surface area contributed by atoms with Crippen molar-refractivity contribution in [3.63, 3.8) is 0 Å². The lowest BCUT2D eigenvalue weighted by Crippen LogP contribution is -2.11. The zero-order chi connectivity index (χ0) is 10.5. The molecule has 0 N–H and O–H groups in total. The van der Waals surface area contributed by atoms with Crippen molar-refractivity contribution in [3.8, 4) is 0 Å². The molecule has 13 heavy (non-hydrogen) atoms. The van der Waals surface area contributed by atoms with Gasteiger partial charge < -0.3 is 4.74 Å². The summed E-state index contributed by atoms with van der Waals surface area (Å²) in [7, 11) is 0. The normalized spacial score (nSPS) is 12.2. The second kappa shape index (κ2) is 4.74. The molecule has 0 aliphatic rings. The van der Waals surface area contributed by atoms with Crippen molar-refractivity contribution in [1.82, 2.24) is 0 Å². The lowest BCUT2D eigenvalue weighted by Gasteiger charge is -2.08. The van der Waals surface area contributed by atoms with Crippen LogP contribution in [0.3, 0.4) is 0 Å². The molecule has 0 fully saturated rings. The van der Waals surface area contributed by atoms with Crippen LogP contribution < -0.4 is 0 Å². The van der Waals surface area contributed by atoms with Crippen LogP contribution in [-0.2, 0) is 4.74 Å². The van der Waals surface area contributed by atoms with Gasteiger partial charge in [0.25, 0.3) is 0 Å². The first kappa shape index (κ1) is 11.8. The highest BCUT2D eigenvalue weighted by atomic mass is 19.4. The summed E-state index contributed by atoms with van der Waals surface area (Å²) in [5.41, 5.74) is 0.880. The van der Waals surface area contributed by atoms with Gasteiger partial charge in [-0.15, -0.1) is 13.2 Å². The van der Waals surface area contributed by atoms with Crippen LogP contribution in [0.2, 0.25) is 0 Å². The van der Waals surface area contributed by atoms with Crippen LogP contribution in [-0.4, -0.2) is 6.36 Å². The standard InChI is InChI=1S/C9H11F3O/c1-4-8(6-5-7(2)3)13-9(10,11)12/h4-6H,1H2,2-3H3/b8-6+. The first-order chi connectivity index (χ1) is 5.85. The molecule has 0 aliphatic heterocycles. The second-order valence-corrected chi connectivity index (χ2v) is 2.56. The van der Waals surface area contributed by atoms with E-state index in [9.17, 15) is 13.2 Å². The summed E-state index contributed by atoms with van der Waals surface area (Å²) in [6.45, 7) is 6.74. The first-order valence-electron chi connectivity index (χ1n) is 3.58. The highest BCUT2D eigenvalue weighted by molar-refractivity contribution is 5.18. The van der Waals surface area contributed by atoms with Crippen LogP contribution in [0.15, 0.2) is 36.1 Å². The van der Waals surface area contributed by atoms with Crippen molar-refractivity contribution in [3.05, 3.63) is 36.1 Å². The Morgan fingerprint density at radius 3 is 2.08 bits per heavy atom. The maximum atomic E-state index is 11.7. The number of rotatable bonds is 3. The molecule has 0 amide bonds. The molecule has 74 valence electrons. The zero-order valence-corrected chi connectivity index (χ0v) is 7.48. The summed E-state index contributed by atoms with van der Waals surface area (Å²) in [4.78, 5) is 0. The van der Waals surface area contributed by atoms with Gasteiger partial charge in [0.1, 0.15) is 5.76 Å². The van der Waals surface area contributed by atoms with E-state index in [-0.39, 0.29) is 5.76 Å². The van der Waals surface area contributed by atoms with Gasteiger partial charge in [-0.05, 0) is 26.0 Å². The Hall–Kier alpha value is -1.19. The molecule has 0 heterocycles. The minimum Gasteiger partial charge on any atom is -0.406 e. The largest absolute Gasteiger partial charge is 0.573 e. The summed E-state index contributed by atoms with van der Waals surface area (Å²) in [5, 5.41) is 0. The minimum absolute atomic E-state index is 0.311. The molecule has 0 saturated heterocycles. The molecule has 0 aliphatic carbocycles. The quantitative estimate of drug-likeness (QED) is 0.490. The number of hydrogen-bond donors (Lipinski definition) is 0. The highest BCUT2D eigenvalue weighted by Gasteiger charge is 2.31. The maximum Gasteiger partial charge on any atom is 0.573 e. The fourth-order valence-electron chi connectivity index (χ4n) is 0.526. The smallest absolute Gasteiger partial charge is 0.406 e. The number of ether oxygens (including phenoxy) is 1. The van der Waals surface area contributed by atoms with Crippen LogP contribution in [0.4, 0.5) is 13.2 Å².